The average molecular weight is 389 g/mol. The van der Waals surface area contributed by atoms with Crippen LogP contribution >= 0.6 is 0 Å². The molecule has 1 aliphatic heterocycles. The molecule has 9 heteroatoms. The van der Waals surface area contributed by atoms with E-state index < -0.39 is 19.9 Å². The van der Waals surface area contributed by atoms with Gasteiger partial charge in [0, 0.05) is 32.6 Å². The summed E-state index contributed by atoms with van der Waals surface area (Å²) in [5.74, 6) is -0.169. The lowest BCUT2D eigenvalue weighted by molar-refractivity contribution is -0.131. The van der Waals surface area contributed by atoms with Crippen LogP contribution in [0.15, 0.2) is 30.3 Å². The Hall–Kier alpha value is -1.45. The van der Waals surface area contributed by atoms with Crippen molar-refractivity contribution in [3.05, 3.63) is 35.9 Å². The van der Waals surface area contributed by atoms with Gasteiger partial charge in [-0.15, -0.1) is 0 Å². The van der Waals surface area contributed by atoms with Crippen LogP contribution in [0, 0.1) is 0 Å². The van der Waals surface area contributed by atoms with Gasteiger partial charge in [-0.1, -0.05) is 30.3 Å². The first-order valence-corrected chi connectivity index (χ1v) is 11.7. The highest BCUT2D eigenvalue weighted by Crippen LogP contribution is 2.17. The molecule has 1 aromatic carbocycles. The van der Waals surface area contributed by atoms with E-state index in [2.05, 4.69) is 0 Å². The van der Waals surface area contributed by atoms with Crippen LogP contribution in [0.3, 0.4) is 0 Å². The van der Waals surface area contributed by atoms with Crippen LogP contribution in [-0.2, 0) is 31.2 Å². The molecule has 1 unspecified atom stereocenters. The van der Waals surface area contributed by atoms with Crippen molar-refractivity contribution in [2.45, 2.75) is 25.4 Å². The van der Waals surface area contributed by atoms with Crippen molar-refractivity contribution < 1.29 is 21.6 Å². The topological polar surface area (TPSA) is 91.8 Å². The largest absolute Gasteiger partial charge is 0.342 e. The van der Waals surface area contributed by atoms with E-state index in [4.69, 9.17) is 0 Å². The van der Waals surface area contributed by atoms with Crippen LogP contribution < -0.4 is 0 Å². The zero-order valence-electron chi connectivity index (χ0n) is 14.5. The first-order chi connectivity index (χ1) is 11.6. The fourth-order valence-corrected chi connectivity index (χ4v) is 5.41. The van der Waals surface area contributed by atoms with Gasteiger partial charge >= 0.3 is 0 Å². The maximum absolute atomic E-state index is 12.3. The summed E-state index contributed by atoms with van der Waals surface area (Å²) < 4.78 is 48.3. The molecule has 1 amide bonds. The molecule has 140 valence electrons. The molecule has 1 heterocycles. The summed E-state index contributed by atoms with van der Waals surface area (Å²) in [5, 5.41) is 0. The van der Waals surface area contributed by atoms with Crippen molar-refractivity contribution in [2.24, 2.45) is 0 Å². The smallest absolute Gasteiger partial charge is 0.223 e. The summed E-state index contributed by atoms with van der Waals surface area (Å²) in [7, 11) is -4.95. The van der Waals surface area contributed by atoms with E-state index in [1.54, 1.807) is 7.05 Å². The summed E-state index contributed by atoms with van der Waals surface area (Å²) in [4.78, 5) is 13.8. The van der Waals surface area contributed by atoms with Crippen molar-refractivity contribution in [1.29, 1.82) is 0 Å². The Morgan fingerprint density at radius 2 is 1.88 bits per heavy atom. The first-order valence-electron chi connectivity index (χ1n) is 8.03. The molecule has 1 fully saturated rings. The minimum Gasteiger partial charge on any atom is -0.342 e. The summed E-state index contributed by atoms with van der Waals surface area (Å²) in [6.45, 7) is 0.269. The molecule has 7 nitrogen and oxygen atoms in total. The number of amides is 1. The van der Waals surface area contributed by atoms with Crippen LogP contribution in [0.2, 0.25) is 0 Å². The van der Waals surface area contributed by atoms with Crippen LogP contribution in [0.4, 0.5) is 0 Å². The van der Waals surface area contributed by atoms with Gasteiger partial charge < -0.3 is 4.90 Å². The van der Waals surface area contributed by atoms with Gasteiger partial charge in [-0.2, -0.15) is 4.31 Å². The molecule has 0 aliphatic carbocycles. The lowest BCUT2D eigenvalue weighted by Crippen LogP contribution is -2.40. The Morgan fingerprint density at radius 3 is 2.40 bits per heavy atom. The summed E-state index contributed by atoms with van der Waals surface area (Å²) in [6, 6.07) is 8.84. The van der Waals surface area contributed by atoms with Gasteiger partial charge in [-0.05, 0) is 12.0 Å². The number of benzene rings is 1. The second-order valence-corrected chi connectivity index (χ2v) is 10.6. The molecule has 0 bridgehead atoms. The molecule has 1 aliphatic rings. The van der Waals surface area contributed by atoms with Gasteiger partial charge in [-0.25, -0.2) is 16.8 Å². The molecule has 0 spiro atoms. The maximum Gasteiger partial charge on any atom is 0.223 e. The second-order valence-electron chi connectivity index (χ2n) is 6.39. The third kappa shape index (κ3) is 5.79. The van der Waals surface area contributed by atoms with E-state index in [0.717, 1.165) is 11.8 Å². The fraction of sp³-hybridized carbons (Fsp3) is 0.562. The predicted octanol–water partition coefficient (Wildman–Crippen LogP) is 0.484. The SMILES string of the molecule is CN(C(=O)CCN(Cc1ccccc1)S(C)(=O)=O)C1CCS(=O)(=O)C1. The third-order valence-corrected chi connectivity index (χ3v) is 7.40. The number of rotatable bonds is 7. The molecule has 1 saturated heterocycles. The molecule has 0 radical (unpaired) electrons. The van der Waals surface area contributed by atoms with Crippen molar-refractivity contribution in [3.8, 4) is 0 Å². The van der Waals surface area contributed by atoms with Gasteiger partial charge in [0.25, 0.3) is 0 Å². The predicted molar refractivity (Wildman–Crippen MR) is 96.1 cm³/mol. The fourth-order valence-electron chi connectivity index (χ4n) is 2.83. The maximum atomic E-state index is 12.3. The van der Waals surface area contributed by atoms with Crippen molar-refractivity contribution in [2.75, 3.05) is 31.4 Å². The lowest BCUT2D eigenvalue weighted by Gasteiger charge is -2.25. The number of hydrogen-bond donors (Lipinski definition) is 0. The number of nitrogens with zero attached hydrogens (tertiary/aromatic N) is 2. The summed E-state index contributed by atoms with van der Waals surface area (Å²) >= 11 is 0. The van der Waals surface area contributed by atoms with Gasteiger partial charge in [0.05, 0.1) is 17.8 Å². The Labute approximate surface area is 149 Å². The molecule has 1 atom stereocenters. The van der Waals surface area contributed by atoms with E-state index in [1.165, 1.54) is 9.21 Å². The van der Waals surface area contributed by atoms with E-state index in [1.807, 2.05) is 30.3 Å². The van der Waals surface area contributed by atoms with Crippen molar-refractivity contribution in [1.82, 2.24) is 9.21 Å². The highest BCUT2D eigenvalue weighted by atomic mass is 32.2. The lowest BCUT2D eigenvalue weighted by atomic mass is 10.2. The second kappa shape index (κ2) is 7.84. The molecule has 25 heavy (non-hydrogen) atoms. The number of sulfonamides is 1. The molecule has 2 rings (SSSR count). The normalized spacial score (nSPS) is 19.9. The molecule has 0 saturated carbocycles. The monoisotopic (exact) mass is 388 g/mol. The van der Waals surface area contributed by atoms with E-state index >= 15 is 0 Å². The standard InChI is InChI=1S/C16H24N2O5S2/c1-17(15-9-11-25(22,23)13-15)16(19)8-10-18(24(2,20)21)12-14-6-4-3-5-7-14/h3-7,15H,8-13H2,1-2H3. The van der Waals surface area contributed by atoms with E-state index in [-0.39, 0.29) is 43.0 Å². The molecular weight excluding hydrogens is 364 g/mol. The minimum atomic E-state index is -3.46. The molecule has 0 N–H and O–H groups in total. The number of hydrogen-bond acceptors (Lipinski definition) is 5. The van der Waals surface area contributed by atoms with E-state index in [9.17, 15) is 21.6 Å². The summed E-state index contributed by atoms with van der Waals surface area (Å²) in [5.41, 5.74) is 0.843. The van der Waals surface area contributed by atoms with Crippen LogP contribution in [0.5, 0.6) is 0 Å². The first kappa shape index (κ1) is 19.9. The molecular formula is C16H24N2O5S2. The average Bonchev–Trinajstić information content (AvgIpc) is 2.90. The minimum absolute atomic E-state index is 0.0188. The van der Waals surface area contributed by atoms with Crippen LogP contribution in [0.1, 0.15) is 18.4 Å². The van der Waals surface area contributed by atoms with Crippen LogP contribution in [-0.4, -0.2) is 69.3 Å². The number of carbonyl (C=O) groups excluding carboxylic acids is 1. The highest BCUT2D eigenvalue weighted by molar-refractivity contribution is 7.91. The zero-order chi connectivity index (χ0) is 18.7. The van der Waals surface area contributed by atoms with Crippen molar-refractivity contribution in [3.63, 3.8) is 0 Å². The Bertz CT molecular complexity index is 806. The highest BCUT2D eigenvalue weighted by Gasteiger charge is 2.32. The number of carbonyl (C=O) groups is 1. The van der Waals surface area contributed by atoms with E-state index in [0.29, 0.717) is 6.42 Å². The van der Waals surface area contributed by atoms with Crippen LogP contribution in [0.25, 0.3) is 0 Å². The molecule has 0 aromatic heterocycles. The van der Waals surface area contributed by atoms with Gasteiger partial charge in [0.1, 0.15) is 0 Å². The quantitative estimate of drug-likeness (QED) is 0.678. The Morgan fingerprint density at radius 1 is 1.24 bits per heavy atom. The van der Waals surface area contributed by atoms with Crippen molar-refractivity contribution >= 4 is 25.8 Å². The summed E-state index contributed by atoms with van der Waals surface area (Å²) in [6.07, 6.45) is 1.57. The molecule has 1 aromatic rings. The Balaban J connectivity index is 1.97. The third-order valence-electron chi connectivity index (χ3n) is 4.40. The van der Waals surface area contributed by atoms with Gasteiger partial charge in [-0.3, -0.25) is 4.79 Å². The zero-order valence-corrected chi connectivity index (χ0v) is 16.1. The number of sulfone groups is 1. The van der Waals surface area contributed by atoms with Gasteiger partial charge in [0.15, 0.2) is 9.84 Å². The Kier molecular flexibility index (Phi) is 6.23. The van der Waals surface area contributed by atoms with Gasteiger partial charge in [0.2, 0.25) is 15.9 Å².